The van der Waals surface area contributed by atoms with Crippen LogP contribution >= 0.6 is 11.6 Å². The molecule has 208 valence electrons. The average Bonchev–Trinajstić information content (AvgIpc) is 3.39. The van der Waals surface area contributed by atoms with Gasteiger partial charge in [-0.25, -0.2) is 0 Å². The molecule has 0 bridgehead atoms. The van der Waals surface area contributed by atoms with Crippen LogP contribution in [0, 0.1) is 0 Å². The molecule has 8 nitrogen and oxygen atoms in total. The van der Waals surface area contributed by atoms with E-state index < -0.39 is 5.60 Å². The van der Waals surface area contributed by atoms with Gasteiger partial charge in [0.15, 0.2) is 0 Å². The number of fused-ring (bicyclic) bond motifs is 1. The van der Waals surface area contributed by atoms with E-state index in [1.54, 1.807) is 41.1 Å². The Hall–Kier alpha value is -3.88. The molecule has 1 aromatic heterocycles. The van der Waals surface area contributed by atoms with Crippen LogP contribution in [0.4, 0.5) is 0 Å². The highest BCUT2D eigenvalue weighted by Gasteiger charge is 2.42. The molecular formula is C31H33ClN4O4. The first-order chi connectivity index (χ1) is 19.4. The number of ether oxygens (including phenoxy) is 2. The molecule has 0 aliphatic carbocycles. The highest BCUT2D eigenvalue weighted by molar-refractivity contribution is 6.30. The van der Waals surface area contributed by atoms with Crippen molar-refractivity contribution in [2.24, 2.45) is 0 Å². The predicted molar refractivity (Wildman–Crippen MR) is 154 cm³/mol. The Morgan fingerprint density at radius 1 is 1.05 bits per heavy atom. The molecular weight excluding hydrogens is 528 g/mol. The van der Waals surface area contributed by atoms with Gasteiger partial charge in [0.25, 0.3) is 0 Å². The molecule has 40 heavy (non-hydrogen) atoms. The normalized spacial score (nSPS) is 17.1. The Kier molecular flexibility index (Phi) is 8.67. The van der Waals surface area contributed by atoms with E-state index in [9.17, 15) is 9.59 Å². The first kappa shape index (κ1) is 27.7. The van der Waals surface area contributed by atoms with Gasteiger partial charge < -0.3 is 19.3 Å². The second-order valence-electron chi connectivity index (χ2n) is 10.2. The number of hydrogen-bond donors (Lipinski definition) is 0. The largest absolute Gasteiger partial charge is 0.490 e. The third-order valence-electron chi connectivity index (χ3n) is 7.17. The summed E-state index contributed by atoms with van der Waals surface area (Å²) in [6, 6.07) is 24.8. The summed E-state index contributed by atoms with van der Waals surface area (Å²) in [4.78, 5) is 30.3. The number of aromatic nitrogens is 2. The molecule has 0 N–H and O–H groups in total. The van der Waals surface area contributed by atoms with Crippen LogP contribution < -0.4 is 4.74 Å². The second-order valence-corrected chi connectivity index (χ2v) is 10.6. The van der Waals surface area contributed by atoms with Crippen LogP contribution in [0.15, 0.2) is 85.1 Å². The molecule has 1 aliphatic rings. The molecule has 1 atom stereocenters. The molecule has 0 radical (unpaired) electrons. The van der Waals surface area contributed by atoms with Crippen molar-refractivity contribution in [1.29, 1.82) is 0 Å². The molecule has 2 amide bonds. The van der Waals surface area contributed by atoms with Gasteiger partial charge in [-0.2, -0.15) is 5.10 Å². The van der Waals surface area contributed by atoms with E-state index in [2.05, 4.69) is 5.10 Å². The number of para-hydroxylation sites is 1. The van der Waals surface area contributed by atoms with Gasteiger partial charge >= 0.3 is 0 Å². The molecule has 4 aromatic rings. The smallest absolute Gasteiger partial charge is 0.225 e. The number of morpholine rings is 1. The molecule has 0 spiro atoms. The maximum atomic E-state index is 13.4. The van der Waals surface area contributed by atoms with Gasteiger partial charge in [0.1, 0.15) is 18.0 Å². The summed E-state index contributed by atoms with van der Waals surface area (Å²) in [6.45, 7) is 2.09. The topological polar surface area (TPSA) is 76.9 Å². The quantitative estimate of drug-likeness (QED) is 0.278. The van der Waals surface area contributed by atoms with Gasteiger partial charge in [-0.1, -0.05) is 60.1 Å². The summed E-state index contributed by atoms with van der Waals surface area (Å²) >= 11 is 6.03. The summed E-state index contributed by atoms with van der Waals surface area (Å²) in [5.74, 6) is 0.524. The monoisotopic (exact) mass is 560 g/mol. The summed E-state index contributed by atoms with van der Waals surface area (Å²) in [5.41, 5.74) is 1.04. The molecule has 3 aromatic carbocycles. The number of carbonyl (C=O) groups is 2. The number of amides is 2. The fourth-order valence-electron chi connectivity index (χ4n) is 4.97. The van der Waals surface area contributed by atoms with E-state index >= 15 is 0 Å². The van der Waals surface area contributed by atoms with Gasteiger partial charge in [-0.15, -0.1) is 0 Å². The zero-order valence-electron chi connectivity index (χ0n) is 22.5. The summed E-state index contributed by atoms with van der Waals surface area (Å²) in [7, 11) is 1.78. The second kappa shape index (κ2) is 12.5. The van der Waals surface area contributed by atoms with E-state index in [1.807, 2.05) is 65.5 Å². The molecule has 1 fully saturated rings. The Labute approximate surface area is 239 Å². The minimum Gasteiger partial charge on any atom is -0.490 e. The number of carbonyl (C=O) groups excluding carboxylic acids is 2. The van der Waals surface area contributed by atoms with Crippen LogP contribution in [0.1, 0.15) is 18.4 Å². The molecule has 5 rings (SSSR count). The van der Waals surface area contributed by atoms with Crippen LogP contribution in [-0.4, -0.2) is 70.3 Å². The van der Waals surface area contributed by atoms with E-state index in [0.717, 1.165) is 16.5 Å². The maximum Gasteiger partial charge on any atom is 0.225 e. The van der Waals surface area contributed by atoms with Crippen LogP contribution in [0.2, 0.25) is 5.02 Å². The van der Waals surface area contributed by atoms with Crippen LogP contribution in [-0.2, 0) is 27.4 Å². The summed E-state index contributed by atoms with van der Waals surface area (Å²) < 4.78 is 14.2. The number of nitrogens with zero attached hydrogens (tertiary/aromatic N) is 4. The predicted octanol–water partition coefficient (Wildman–Crippen LogP) is 4.81. The van der Waals surface area contributed by atoms with Crippen molar-refractivity contribution in [2.45, 2.75) is 31.5 Å². The van der Waals surface area contributed by atoms with E-state index in [-0.39, 0.29) is 31.4 Å². The Balaban J connectivity index is 1.28. The van der Waals surface area contributed by atoms with Gasteiger partial charge in [0, 0.05) is 37.0 Å². The van der Waals surface area contributed by atoms with E-state index in [4.69, 9.17) is 21.1 Å². The summed E-state index contributed by atoms with van der Waals surface area (Å²) in [6.07, 6.45) is 2.18. The zero-order valence-corrected chi connectivity index (χ0v) is 23.3. The SMILES string of the molecule is CN(Cc1ccccc1)C(=O)C[C@]1(COc2ccc(Cl)cc2)CN(C(=O)CCn2ncc3ccccc32)CCO1. The Morgan fingerprint density at radius 3 is 2.60 bits per heavy atom. The number of hydrogen-bond acceptors (Lipinski definition) is 5. The molecule has 0 saturated carbocycles. The maximum absolute atomic E-state index is 13.4. The van der Waals surface area contributed by atoms with Gasteiger partial charge in [-0.05, 0) is 35.9 Å². The number of benzene rings is 3. The van der Waals surface area contributed by atoms with Gasteiger partial charge in [0.05, 0.1) is 37.8 Å². The zero-order chi connectivity index (χ0) is 28.0. The molecule has 2 heterocycles. The minimum absolute atomic E-state index is 0.0103. The van der Waals surface area contributed by atoms with Gasteiger partial charge in [0.2, 0.25) is 11.8 Å². The first-order valence-corrected chi connectivity index (χ1v) is 13.8. The third-order valence-corrected chi connectivity index (χ3v) is 7.42. The Bertz CT molecular complexity index is 1440. The minimum atomic E-state index is -0.992. The molecule has 9 heteroatoms. The highest BCUT2D eigenvalue weighted by atomic mass is 35.5. The van der Waals surface area contributed by atoms with Crippen molar-refractivity contribution >= 4 is 34.3 Å². The van der Waals surface area contributed by atoms with Crippen LogP contribution in [0.5, 0.6) is 5.75 Å². The number of rotatable bonds is 10. The van der Waals surface area contributed by atoms with Crippen molar-refractivity contribution in [1.82, 2.24) is 19.6 Å². The fourth-order valence-corrected chi connectivity index (χ4v) is 5.09. The van der Waals surface area contributed by atoms with Crippen LogP contribution in [0.25, 0.3) is 10.9 Å². The lowest BCUT2D eigenvalue weighted by molar-refractivity contribution is -0.165. The van der Waals surface area contributed by atoms with Crippen molar-refractivity contribution in [3.05, 3.63) is 95.6 Å². The molecule has 1 aliphatic heterocycles. The lowest BCUT2D eigenvalue weighted by Crippen LogP contribution is -2.58. The molecule has 1 saturated heterocycles. The lowest BCUT2D eigenvalue weighted by atomic mass is 9.96. The van der Waals surface area contributed by atoms with Gasteiger partial charge in [-0.3, -0.25) is 14.3 Å². The van der Waals surface area contributed by atoms with E-state index in [1.165, 1.54) is 0 Å². The van der Waals surface area contributed by atoms with Crippen molar-refractivity contribution in [3.8, 4) is 5.75 Å². The number of halogens is 1. The summed E-state index contributed by atoms with van der Waals surface area (Å²) in [5, 5.41) is 6.09. The van der Waals surface area contributed by atoms with Crippen molar-refractivity contribution in [2.75, 3.05) is 33.4 Å². The number of aryl methyl sites for hydroxylation is 1. The standard InChI is InChI=1S/C31H33ClN4O4/c1-34(21-24-7-3-2-4-8-24)30(38)19-31(23-39-27-13-11-26(32)12-14-27)22-35(17-18-40-31)29(37)15-16-36-28-10-6-5-9-25(28)20-33-36/h2-14,20H,15-19,21-23H2,1H3/t31-/m1/s1. The van der Waals surface area contributed by atoms with Crippen molar-refractivity contribution < 1.29 is 19.1 Å². The van der Waals surface area contributed by atoms with E-state index in [0.29, 0.717) is 43.4 Å². The van der Waals surface area contributed by atoms with Crippen molar-refractivity contribution in [3.63, 3.8) is 0 Å². The highest BCUT2D eigenvalue weighted by Crippen LogP contribution is 2.27. The van der Waals surface area contributed by atoms with Crippen LogP contribution in [0.3, 0.4) is 0 Å². The Morgan fingerprint density at radius 2 is 1.80 bits per heavy atom. The average molecular weight is 561 g/mol. The molecule has 0 unspecified atom stereocenters. The lowest BCUT2D eigenvalue weighted by Gasteiger charge is -2.42. The first-order valence-electron chi connectivity index (χ1n) is 13.4. The fraction of sp³-hybridized carbons (Fsp3) is 0.323. The third kappa shape index (κ3) is 6.81.